The molecular formula is C15H18ClN5S2. The highest BCUT2D eigenvalue weighted by Crippen LogP contribution is 2.30. The highest BCUT2D eigenvalue weighted by atomic mass is 35.5. The van der Waals surface area contributed by atoms with Crippen molar-refractivity contribution in [2.24, 2.45) is 11.7 Å². The van der Waals surface area contributed by atoms with Gasteiger partial charge in [0.25, 0.3) is 0 Å². The van der Waals surface area contributed by atoms with Crippen LogP contribution in [0.25, 0.3) is 4.96 Å². The lowest BCUT2D eigenvalue weighted by molar-refractivity contribution is 0.485. The van der Waals surface area contributed by atoms with Crippen molar-refractivity contribution < 1.29 is 0 Å². The summed E-state index contributed by atoms with van der Waals surface area (Å²) < 4.78 is 2.71. The van der Waals surface area contributed by atoms with Crippen molar-refractivity contribution in [3.8, 4) is 0 Å². The van der Waals surface area contributed by atoms with E-state index in [1.165, 1.54) is 11.3 Å². The Morgan fingerprint density at radius 1 is 1.30 bits per heavy atom. The molecule has 3 aromatic rings. The van der Waals surface area contributed by atoms with Crippen molar-refractivity contribution in [3.05, 3.63) is 40.7 Å². The summed E-state index contributed by atoms with van der Waals surface area (Å²) in [7, 11) is 0. The van der Waals surface area contributed by atoms with E-state index >= 15 is 0 Å². The number of benzene rings is 1. The van der Waals surface area contributed by atoms with E-state index in [0.717, 1.165) is 37.9 Å². The third kappa shape index (κ3) is 3.85. The van der Waals surface area contributed by atoms with Crippen molar-refractivity contribution in [1.29, 1.82) is 0 Å². The molecule has 0 fully saturated rings. The van der Waals surface area contributed by atoms with Gasteiger partial charge in [0.05, 0.1) is 6.04 Å². The van der Waals surface area contributed by atoms with Gasteiger partial charge in [0.2, 0.25) is 4.96 Å². The third-order valence-electron chi connectivity index (χ3n) is 3.36. The second-order valence-corrected chi connectivity index (χ2v) is 8.32. The van der Waals surface area contributed by atoms with Gasteiger partial charge in [-0.2, -0.15) is 4.52 Å². The molecule has 0 radical (unpaired) electrons. The second kappa shape index (κ2) is 7.17. The highest BCUT2D eigenvalue weighted by molar-refractivity contribution is 8.00. The molecule has 0 saturated carbocycles. The summed E-state index contributed by atoms with van der Waals surface area (Å²) in [4.78, 5) is 0.779. The van der Waals surface area contributed by atoms with Crippen molar-refractivity contribution >= 4 is 39.7 Å². The van der Waals surface area contributed by atoms with Gasteiger partial charge in [-0.15, -0.1) is 15.3 Å². The van der Waals surface area contributed by atoms with Crippen molar-refractivity contribution in [2.45, 2.75) is 36.4 Å². The summed E-state index contributed by atoms with van der Waals surface area (Å²) in [5, 5.41) is 13.8. The summed E-state index contributed by atoms with van der Waals surface area (Å²) in [5.41, 5.74) is 7.32. The van der Waals surface area contributed by atoms with E-state index in [2.05, 4.69) is 29.1 Å². The highest BCUT2D eigenvalue weighted by Gasteiger charge is 2.18. The van der Waals surface area contributed by atoms with E-state index in [4.69, 9.17) is 17.3 Å². The summed E-state index contributed by atoms with van der Waals surface area (Å²) in [5.74, 6) is 2.01. The van der Waals surface area contributed by atoms with Crippen molar-refractivity contribution in [3.63, 3.8) is 0 Å². The van der Waals surface area contributed by atoms with E-state index in [1.54, 1.807) is 16.3 Å². The number of nitrogens with zero attached hydrogens (tertiary/aromatic N) is 4. The minimum atomic E-state index is -0.145. The van der Waals surface area contributed by atoms with Crippen LogP contribution < -0.4 is 5.73 Å². The molecule has 0 spiro atoms. The fraction of sp³-hybridized carbons (Fsp3) is 0.400. The number of thioether (sulfide) groups is 1. The minimum Gasteiger partial charge on any atom is -0.321 e. The lowest BCUT2D eigenvalue weighted by Crippen LogP contribution is -2.16. The quantitative estimate of drug-likeness (QED) is 0.662. The molecular weight excluding hydrogens is 350 g/mol. The van der Waals surface area contributed by atoms with Gasteiger partial charge in [0.15, 0.2) is 10.2 Å². The lowest BCUT2D eigenvalue weighted by atomic mass is 10.0. The van der Waals surface area contributed by atoms with Gasteiger partial charge in [0.1, 0.15) is 0 Å². The molecule has 23 heavy (non-hydrogen) atoms. The molecule has 8 heteroatoms. The predicted octanol–water partition coefficient (Wildman–Crippen LogP) is 4.18. The molecule has 5 nitrogen and oxygen atoms in total. The Balaban J connectivity index is 1.76. The predicted molar refractivity (Wildman–Crippen MR) is 96.1 cm³/mol. The molecule has 2 heterocycles. The van der Waals surface area contributed by atoms with E-state index in [9.17, 15) is 0 Å². The van der Waals surface area contributed by atoms with Crippen LogP contribution in [0.5, 0.6) is 0 Å². The van der Waals surface area contributed by atoms with Crippen LogP contribution >= 0.6 is 34.7 Å². The Hall–Kier alpha value is -1.15. The standard InChI is InChI=1S/C15H18ClN5S2/c1-9(2)7-12(17)13-18-19-14-21(13)20-15(23-14)22-8-10-5-3-4-6-11(10)16/h3-6,9,12H,7-8,17H2,1-2H3. The second-order valence-electron chi connectivity index (χ2n) is 5.74. The number of rotatable bonds is 6. The maximum Gasteiger partial charge on any atom is 0.235 e. The number of halogens is 1. The zero-order chi connectivity index (χ0) is 16.4. The van der Waals surface area contributed by atoms with Crippen molar-refractivity contribution in [2.75, 3.05) is 0 Å². The molecule has 0 amide bonds. The Morgan fingerprint density at radius 2 is 2.09 bits per heavy atom. The number of nitrogens with two attached hydrogens (primary N) is 1. The molecule has 0 aliphatic carbocycles. The smallest absolute Gasteiger partial charge is 0.235 e. The summed E-state index contributed by atoms with van der Waals surface area (Å²) >= 11 is 9.36. The zero-order valence-corrected chi connectivity index (χ0v) is 15.3. The van der Waals surface area contributed by atoms with Crippen LogP contribution in [0.15, 0.2) is 28.6 Å². The monoisotopic (exact) mass is 367 g/mol. The van der Waals surface area contributed by atoms with Gasteiger partial charge in [-0.3, -0.25) is 0 Å². The van der Waals surface area contributed by atoms with Crippen LogP contribution in [0, 0.1) is 5.92 Å². The van der Waals surface area contributed by atoms with E-state index in [-0.39, 0.29) is 6.04 Å². The van der Waals surface area contributed by atoms with Gasteiger partial charge < -0.3 is 5.73 Å². The Bertz CT molecular complexity index is 798. The molecule has 0 bridgehead atoms. The number of fused-ring (bicyclic) bond motifs is 1. The largest absolute Gasteiger partial charge is 0.321 e. The Kier molecular flexibility index (Phi) is 5.21. The normalized spacial score (nSPS) is 13.1. The Labute approximate surface area is 148 Å². The maximum atomic E-state index is 6.22. The first-order valence-electron chi connectivity index (χ1n) is 7.38. The van der Waals surface area contributed by atoms with Crippen LogP contribution in [0.3, 0.4) is 0 Å². The fourth-order valence-electron chi connectivity index (χ4n) is 2.27. The molecule has 3 rings (SSSR count). The molecule has 0 aliphatic rings. The van der Waals surface area contributed by atoms with Gasteiger partial charge in [0, 0.05) is 10.8 Å². The first-order chi connectivity index (χ1) is 11.0. The number of hydrogen-bond donors (Lipinski definition) is 1. The number of aromatic nitrogens is 4. The summed E-state index contributed by atoms with van der Waals surface area (Å²) in [6, 6.07) is 7.71. The van der Waals surface area contributed by atoms with Crippen LogP contribution in [0.1, 0.15) is 37.7 Å². The average Bonchev–Trinajstić information content (AvgIpc) is 3.05. The number of hydrogen-bond acceptors (Lipinski definition) is 6. The van der Waals surface area contributed by atoms with Crippen molar-refractivity contribution in [1.82, 2.24) is 19.8 Å². The van der Waals surface area contributed by atoms with Gasteiger partial charge >= 0.3 is 0 Å². The van der Waals surface area contributed by atoms with E-state index < -0.39 is 0 Å². The average molecular weight is 368 g/mol. The Morgan fingerprint density at radius 3 is 2.83 bits per heavy atom. The lowest BCUT2D eigenvalue weighted by Gasteiger charge is -2.10. The van der Waals surface area contributed by atoms with Gasteiger partial charge in [-0.1, -0.05) is 66.7 Å². The van der Waals surface area contributed by atoms with Crippen LogP contribution in [0.4, 0.5) is 0 Å². The van der Waals surface area contributed by atoms with Crippen LogP contribution in [-0.4, -0.2) is 19.8 Å². The molecule has 1 atom stereocenters. The molecule has 0 saturated heterocycles. The first-order valence-corrected chi connectivity index (χ1v) is 9.56. The molecule has 2 aromatic heterocycles. The molecule has 1 aromatic carbocycles. The first kappa shape index (κ1) is 16.7. The third-order valence-corrected chi connectivity index (χ3v) is 5.81. The van der Waals surface area contributed by atoms with Crippen LogP contribution in [0.2, 0.25) is 5.02 Å². The molecule has 0 aliphatic heterocycles. The van der Waals surface area contributed by atoms with E-state index in [0.29, 0.717) is 5.92 Å². The molecule has 1 unspecified atom stereocenters. The van der Waals surface area contributed by atoms with Gasteiger partial charge in [-0.25, -0.2) is 0 Å². The zero-order valence-electron chi connectivity index (χ0n) is 12.9. The topological polar surface area (TPSA) is 69.1 Å². The molecule has 122 valence electrons. The minimum absolute atomic E-state index is 0.145. The van der Waals surface area contributed by atoms with Crippen LogP contribution in [-0.2, 0) is 5.75 Å². The summed E-state index contributed by atoms with van der Waals surface area (Å²) in [6.07, 6.45) is 0.862. The molecule has 2 N–H and O–H groups in total. The van der Waals surface area contributed by atoms with E-state index in [1.807, 2.05) is 24.3 Å². The fourth-order valence-corrected chi connectivity index (χ4v) is 4.44. The SMILES string of the molecule is CC(C)CC(N)c1nnc2sc(SCc3ccccc3Cl)nn12. The summed E-state index contributed by atoms with van der Waals surface area (Å²) in [6.45, 7) is 4.29. The maximum absolute atomic E-state index is 6.22. The van der Waals surface area contributed by atoms with Gasteiger partial charge in [-0.05, 0) is 24.0 Å².